The second-order valence-electron chi connectivity index (χ2n) is 4.61. The third kappa shape index (κ3) is 1.93. The van der Waals surface area contributed by atoms with Crippen LogP contribution in [0, 0.1) is 5.92 Å². The highest BCUT2D eigenvalue weighted by atomic mass is 16.3. The average molecular weight is 204 g/mol. The number of rotatable bonds is 4. The summed E-state index contributed by atoms with van der Waals surface area (Å²) < 4.78 is 0. The first-order valence-electron chi connectivity index (χ1n) is 6.02. The van der Waals surface area contributed by atoms with Crippen LogP contribution in [0.2, 0.25) is 0 Å². The van der Waals surface area contributed by atoms with Crippen molar-refractivity contribution < 1.29 is 5.11 Å². The van der Waals surface area contributed by atoms with Gasteiger partial charge in [0.05, 0.1) is 5.60 Å². The molecule has 0 aromatic heterocycles. The van der Waals surface area contributed by atoms with E-state index in [-0.39, 0.29) is 0 Å². The van der Waals surface area contributed by atoms with Crippen LogP contribution < -0.4 is 0 Å². The van der Waals surface area contributed by atoms with Gasteiger partial charge in [0.2, 0.25) is 0 Å². The van der Waals surface area contributed by atoms with Crippen LogP contribution in [0.15, 0.2) is 24.3 Å². The highest BCUT2D eigenvalue weighted by molar-refractivity contribution is 5.30. The van der Waals surface area contributed by atoms with Crippen molar-refractivity contribution in [3.05, 3.63) is 35.4 Å². The van der Waals surface area contributed by atoms with Crippen LogP contribution in [0.1, 0.15) is 44.2 Å². The summed E-state index contributed by atoms with van der Waals surface area (Å²) in [6.07, 6.45) is 4.23. The van der Waals surface area contributed by atoms with E-state index < -0.39 is 5.60 Å². The zero-order chi connectivity index (χ0) is 10.9. The number of aryl methyl sites for hydroxylation is 1. The highest BCUT2D eigenvalue weighted by Gasteiger charge is 2.43. The number of aliphatic hydroxyl groups is 1. The van der Waals surface area contributed by atoms with Crippen LogP contribution in [0.3, 0.4) is 0 Å². The minimum absolute atomic E-state index is 0.495. The van der Waals surface area contributed by atoms with Crippen molar-refractivity contribution in [2.45, 2.75) is 45.1 Å². The molecule has 1 aromatic rings. The third-order valence-electron chi connectivity index (χ3n) is 3.63. The third-order valence-corrected chi connectivity index (χ3v) is 3.63. The van der Waals surface area contributed by atoms with E-state index in [0.717, 1.165) is 18.4 Å². The molecule has 0 spiro atoms. The zero-order valence-corrected chi connectivity index (χ0v) is 9.66. The van der Waals surface area contributed by atoms with Crippen LogP contribution in [-0.2, 0) is 12.0 Å². The van der Waals surface area contributed by atoms with Crippen LogP contribution in [0.5, 0.6) is 0 Å². The minimum atomic E-state index is -0.564. The number of hydrogen-bond acceptors (Lipinski definition) is 1. The van der Waals surface area contributed by atoms with Crippen molar-refractivity contribution in [2.24, 2.45) is 5.92 Å². The lowest BCUT2D eigenvalue weighted by atomic mass is 9.85. The average Bonchev–Trinajstić information content (AvgIpc) is 3.12. The first kappa shape index (κ1) is 10.7. The Hall–Kier alpha value is -0.820. The fourth-order valence-corrected chi connectivity index (χ4v) is 2.35. The van der Waals surface area contributed by atoms with Crippen LogP contribution in [-0.4, -0.2) is 5.11 Å². The molecule has 1 aliphatic carbocycles. The fourth-order valence-electron chi connectivity index (χ4n) is 2.35. The summed E-state index contributed by atoms with van der Waals surface area (Å²) >= 11 is 0. The Kier molecular flexibility index (Phi) is 2.83. The first-order chi connectivity index (χ1) is 7.20. The Morgan fingerprint density at radius 2 is 2.07 bits per heavy atom. The topological polar surface area (TPSA) is 20.2 Å². The molecular formula is C14H20O. The molecule has 82 valence electrons. The van der Waals surface area contributed by atoms with Gasteiger partial charge in [-0.05, 0) is 42.7 Å². The van der Waals surface area contributed by atoms with Gasteiger partial charge in [0.25, 0.3) is 0 Å². The lowest BCUT2D eigenvalue weighted by Gasteiger charge is -2.27. The number of hydrogen-bond donors (Lipinski definition) is 1. The molecule has 1 aliphatic rings. The van der Waals surface area contributed by atoms with Crippen molar-refractivity contribution in [3.8, 4) is 0 Å². The molecule has 1 fully saturated rings. The molecule has 0 radical (unpaired) electrons. The SMILES string of the molecule is CCc1cccc(C(O)(CC)C2CC2)c1. The van der Waals surface area contributed by atoms with Gasteiger partial charge >= 0.3 is 0 Å². The second kappa shape index (κ2) is 3.97. The maximum atomic E-state index is 10.7. The van der Waals surface area contributed by atoms with Crippen molar-refractivity contribution in [1.82, 2.24) is 0 Å². The summed E-state index contributed by atoms with van der Waals surface area (Å²) in [5.41, 5.74) is 1.87. The molecule has 1 atom stereocenters. The Morgan fingerprint density at radius 1 is 1.33 bits per heavy atom. The van der Waals surface area contributed by atoms with Gasteiger partial charge in [0.1, 0.15) is 0 Å². The Labute approximate surface area is 92.1 Å². The van der Waals surface area contributed by atoms with Crippen molar-refractivity contribution in [2.75, 3.05) is 0 Å². The second-order valence-corrected chi connectivity index (χ2v) is 4.61. The first-order valence-corrected chi connectivity index (χ1v) is 6.02. The lowest BCUT2D eigenvalue weighted by Crippen LogP contribution is -2.27. The zero-order valence-electron chi connectivity index (χ0n) is 9.66. The molecule has 1 unspecified atom stereocenters. The van der Waals surface area contributed by atoms with Crippen molar-refractivity contribution in [1.29, 1.82) is 0 Å². The van der Waals surface area contributed by atoms with Gasteiger partial charge in [-0.15, -0.1) is 0 Å². The molecule has 1 saturated carbocycles. The van der Waals surface area contributed by atoms with E-state index in [9.17, 15) is 5.11 Å². The molecule has 0 bridgehead atoms. The number of benzene rings is 1. The van der Waals surface area contributed by atoms with Gasteiger partial charge in [-0.25, -0.2) is 0 Å². The van der Waals surface area contributed by atoms with E-state index in [1.807, 2.05) is 0 Å². The largest absolute Gasteiger partial charge is 0.385 e. The van der Waals surface area contributed by atoms with Gasteiger partial charge in [0.15, 0.2) is 0 Å². The summed E-state index contributed by atoms with van der Waals surface area (Å²) in [6, 6.07) is 8.44. The summed E-state index contributed by atoms with van der Waals surface area (Å²) in [5.74, 6) is 0.495. The molecule has 0 saturated heterocycles. The molecule has 0 aliphatic heterocycles. The van der Waals surface area contributed by atoms with E-state index >= 15 is 0 Å². The lowest BCUT2D eigenvalue weighted by molar-refractivity contribution is 0.00884. The van der Waals surface area contributed by atoms with Crippen molar-refractivity contribution >= 4 is 0 Å². The molecule has 0 amide bonds. The summed E-state index contributed by atoms with van der Waals surface area (Å²) in [7, 11) is 0. The quantitative estimate of drug-likeness (QED) is 0.798. The van der Waals surface area contributed by atoms with Gasteiger partial charge in [-0.3, -0.25) is 0 Å². The standard InChI is InChI=1S/C14H20O/c1-3-11-6-5-7-13(10-11)14(15,4-2)12-8-9-12/h5-7,10,12,15H,3-4,8-9H2,1-2H3. The van der Waals surface area contributed by atoms with Gasteiger partial charge in [0, 0.05) is 0 Å². The Morgan fingerprint density at radius 3 is 2.60 bits per heavy atom. The minimum Gasteiger partial charge on any atom is -0.385 e. The van der Waals surface area contributed by atoms with Gasteiger partial charge < -0.3 is 5.11 Å². The summed E-state index contributed by atoms with van der Waals surface area (Å²) in [4.78, 5) is 0. The predicted molar refractivity (Wildman–Crippen MR) is 62.7 cm³/mol. The van der Waals surface area contributed by atoms with Gasteiger partial charge in [-0.2, -0.15) is 0 Å². The van der Waals surface area contributed by atoms with E-state index in [4.69, 9.17) is 0 Å². The predicted octanol–water partition coefficient (Wildman–Crippen LogP) is 3.26. The molecule has 1 heteroatoms. The van der Waals surface area contributed by atoms with Crippen LogP contribution >= 0.6 is 0 Å². The fraction of sp³-hybridized carbons (Fsp3) is 0.571. The van der Waals surface area contributed by atoms with Gasteiger partial charge in [-0.1, -0.05) is 38.1 Å². The summed E-state index contributed by atoms with van der Waals surface area (Å²) in [5, 5.41) is 10.7. The van der Waals surface area contributed by atoms with E-state index in [0.29, 0.717) is 5.92 Å². The maximum absolute atomic E-state index is 10.7. The molecule has 2 rings (SSSR count). The molecule has 0 heterocycles. The summed E-state index contributed by atoms with van der Waals surface area (Å²) in [6.45, 7) is 4.23. The molecule has 15 heavy (non-hydrogen) atoms. The molecule has 1 aromatic carbocycles. The molecular weight excluding hydrogens is 184 g/mol. The normalized spacial score (nSPS) is 19.9. The van der Waals surface area contributed by atoms with Crippen molar-refractivity contribution in [3.63, 3.8) is 0 Å². The molecule has 1 N–H and O–H groups in total. The van der Waals surface area contributed by atoms with E-state index in [2.05, 4.69) is 38.1 Å². The van der Waals surface area contributed by atoms with Crippen LogP contribution in [0.25, 0.3) is 0 Å². The van der Waals surface area contributed by atoms with E-state index in [1.54, 1.807) is 0 Å². The van der Waals surface area contributed by atoms with E-state index in [1.165, 1.54) is 18.4 Å². The smallest absolute Gasteiger partial charge is 0.0922 e. The Bertz CT molecular complexity index is 341. The monoisotopic (exact) mass is 204 g/mol. The maximum Gasteiger partial charge on any atom is 0.0922 e. The molecule has 1 nitrogen and oxygen atoms in total. The highest BCUT2D eigenvalue weighted by Crippen LogP contribution is 2.47. The Balaban J connectivity index is 2.33. The van der Waals surface area contributed by atoms with Crippen LogP contribution in [0.4, 0.5) is 0 Å².